The minimum Gasteiger partial charge on any atom is -0.310 e. The highest BCUT2D eigenvalue weighted by atomic mass is 15.1. The van der Waals surface area contributed by atoms with Crippen molar-refractivity contribution in [1.82, 2.24) is 0 Å². The standard InChI is InChI=1S/C58H43N/c1-57(2)51-37-36-45(39-50(51)56-47(31-19-34-54(56)57)41-22-8-4-9-23-41)59(55-35-17-14-28-46(55)40-20-6-3-7-21-40)44-27-18-26-43(38-44)58(42-24-10-5-11-25-42)52-32-15-12-29-48(52)49-30-13-16-33-53(49)58/h3-39H,1-2H3. The van der Waals surface area contributed by atoms with E-state index in [0.29, 0.717) is 0 Å². The molecule has 0 bridgehead atoms. The van der Waals surface area contributed by atoms with Gasteiger partial charge in [0.2, 0.25) is 0 Å². The highest BCUT2D eigenvalue weighted by molar-refractivity contribution is 5.96. The van der Waals surface area contributed by atoms with E-state index < -0.39 is 5.41 Å². The summed E-state index contributed by atoms with van der Waals surface area (Å²) in [5.74, 6) is 0. The SMILES string of the molecule is CC1(C)c2ccc(N(c3cccc(C4(c5ccccc5)c5ccccc5-c5ccccc54)c3)c3ccccc3-c3ccccc3)cc2-c2c(-c3ccccc3)cccc21. The van der Waals surface area contributed by atoms with Gasteiger partial charge < -0.3 is 4.90 Å². The average Bonchev–Trinajstić information content (AvgIpc) is 3.73. The Morgan fingerprint density at radius 1 is 0.322 bits per heavy atom. The highest BCUT2D eigenvalue weighted by Crippen LogP contribution is 2.58. The molecule has 0 aromatic heterocycles. The summed E-state index contributed by atoms with van der Waals surface area (Å²) < 4.78 is 0. The Bertz CT molecular complexity index is 2970. The molecule has 0 radical (unpaired) electrons. The van der Waals surface area contributed by atoms with Crippen LogP contribution in [0.2, 0.25) is 0 Å². The first kappa shape index (κ1) is 35.0. The molecule has 9 aromatic rings. The van der Waals surface area contributed by atoms with Crippen molar-refractivity contribution in [3.05, 3.63) is 258 Å². The topological polar surface area (TPSA) is 3.24 Å². The van der Waals surface area contributed by atoms with Crippen LogP contribution in [0.25, 0.3) is 44.5 Å². The molecule has 2 aliphatic carbocycles. The zero-order valence-corrected chi connectivity index (χ0v) is 33.3. The highest BCUT2D eigenvalue weighted by Gasteiger charge is 2.46. The molecular weight excluding hydrogens is 711 g/mol. The summed E-state index contributed by atoms with van der Waals surface area (Å²) in [6.45, 7) is 4.75. The third kappa shape index (κ3) is 5.31. The molecule has 0 atom stereocenters. The Morgan fingerprint density at radius 3 is 1.49 bits per heavy atom. The summed E-state index contributed by atoms with van der Waals surface area (Å²) in [6, 6.07) is 83.0. The average molecular weight is 754 g/mol. The predicted molar refractivity (Wildman–Crippen MR) is 247 cm³/mol. The number of fused-ring (bicyclic) bond motifs is 6. The number of benzene rings is 9. The van der Waals surface area contributed by atoms with E-state index in [-0.39, 0.29) is 5.41 Å². The zero-order valence-electron chi connectivity index (χ0n) is 33.3. The summed E-state index contributed by atoms with van der Waals surface area (Å²) >= 11 is 0. The van der Waals surface area contributed by atoms with Crippen molar-refractivity contribution < 1.29 is 0 Å². The fourth-order valence-corrected chi connectivity index (χ4v) is 10.3. The maximum atomic E-state index is 2.49. The monoisotopic (exact) mass is 753 g/mol. The van der Waals surface area contributed by atoms with Crippen LogP contribution in [0.1, 0.15) is 47.2 Å². The zero-order chi connectivity index (χ0) is 39.6. The van der Waals surface area contributed by atoms with Gasteiger partial charge in [0.25, 0.3) is 0 Å². The minimum atomic E-state index is -0.513. The third-order valence-electron chi connectivity index (χ3n) is 13.0. The first-order valence-corrected chi connectivity index (χ1v) is 20.7. The third-order valence-corrected chi connectivity index (χ3v) is 13.0. The van der Waals surface area contributed by atoms with Crippen LogP contribution in [0.4, 0.5) is 17.1 Å². The van der Waals surface area contributed by atoms with Crippen LogP contribution in [-0.4, -0.2) is 0 Å². The summed E-state index contributed by atoms with van der Waals surface area (Å²) in [5, 5.41) is 0. The van der Waals surface area contributed by atoms with E-state index in [1.54, 1.807) is 0 Å². The van der Waals surface area contributed by atoms with Crippen molar-refractivity contribution in [2.75, 3.05) is 4.90 Å². The van der Waals surface area contributed by atoms with Gasteiger partial charge in [-0.15, -0.1) is 0 Å². The minimum absolute atomic E-state index is 0.147. The van der Waals surface area contributed by atoms with Crippen molar-refractivity contribution in [2.45, 2.75) is 24.7 Å². The van der Waals surface area contributed by atoms with E-state index in [2.05, 4.69) is 243 Å². The van der Waals surface area contributed by atoms with E-state index in [9.17, 15) is 0 Å². The molecule has 11 rings (SSSR count). The van der Waals surface area contributed by atoms with Gasteiger partial charge in [0, 0.05) is 22.4 Å². The lowest BCUT2D eigenvalue weighted by molar-refractivity contribution is 0.660. The fraction of sp³-hybridized carbons (Fsp3) is 0.0690. The number of para-hydroxylation sites is 1. The number of rotatable bonds is 7. The van der Waals surface area contributed by atoms with Gasteiger partial charge in [-0.2, -0.15) is 0 Å². The van der Waals surface area contributed by atoms with Crippen LogP contribution in [-0.2, 0) is 10.8 Å². The second kappa shape index (κ2) is 13.7. The van der Waals surface area contributed by atoms with Gasteiger partial charge in [0.05, 0.1) is 11.1 Å². The lowest BCUT2D eigenvalue weighted by atomic mass is 9.67. The number of hydrogen-bond donors (Lipinski definition) is 0. The number of anilines is 3. The Hall–Kier alpha value is -7.22. The first-order valence-electron chi connectivity index (χ1n) is 20.7. The van der Waals surface area contributed by atoms with Gasteiger partial charge in [-0.1, -0.05) is 208 Å². The quantitative estimate of drug-likeness (QED) is 0.157. The van der Waals surface area contributed by atoms with E-state index in [4.69, 9.17) is 0 Å². The van der Waals surface area contributed by atoms with E-state index in [1.807, 2.05) is 0 Å². The fourth-order valence-electron chi connectivity index (χ4n) is 10.3. The molecule has 1 heteroatoms. The van der Waals surface area contributed by atoms with Gasteiger partial charge in [0.15, 0.2) is 0 Å². The molecule has 59 heavy (non-hydrogen) atoms. The smallest absolute Gasteiger partial charge is 0.0714 e. The first-order chi connectivity index (χ1) is 29.0. The summed E-state index contributed by atoms with van der Waals surface area (Å²) in [5.41, 5.74) is 20.6. The van der Waals surface area contributed by atoms with Gasteiger partial charge in [-0.05, 0) is 103 Å². The molecule has 9 aromatic carbocycles. The second-order valence-corrected chi connectivity index (χ2v) is 16.4. The summed E-state index contributed by atoms with van der Waals surface area (Å²) in [6.07, 6.45) is 0. The van der Waals surface area contributed by atoms with Gasteiger partial charge in [-0.25, -0.2) is 0 Å². The van der Waals surface area contributed by atoms with Gasteiger partial charge >= 0.3 is 0 Å². The molecule has 0 unspecified atom stereocenters. The Morgan fingerprint density at radius 2 is 0.814 bits per heavy atom. The van der Waals surface area contributed by atoms with E-state index in [1.165, 1.54) is 77.9 Å². The molecule has 0 saturated heterocycles. The Labute approximate surface area is 347 Å². The Kier molecular flexibility index (Phi) is 8.13. The molecular formula is C58H43N. The molecule has 1 nitrogen and oxygen atoms in total. The molecule has 2 aliphatic rings. The van der Waals surface area contributed by atoms with Crippen molar-refractivity contribution in [3.63, 3.8) is 0 Å². The molecule has 0 heterocycles. The lowest BCUT2D eigenvalue weighted by Gasteiger charge is -2.35. The Balaban J connectivity index is 1.18. The second-order valence-electron chi connectivity index (χ2n) is 16.4. The molecule has 0 N–H and O–H groups in total. The molecule has 280 valence electrons. The van der Waals surface area contributed by atoms with Crippen LogP contribution < -0.4 is 4.90 Å². The van der Waals surface area contributed by atoms with Crippen LogP contribution in [0.5, 0.6) is 0 Å². The van der Waals surface area contributed by atoms with E-state index >= 15 is 0 Å². The number of nitrogens with zero attached hydrogens (tertiary/aromatic N) is 1. The van der Waals surface area contributed by atoms with Crippen molar-refractivity contribution in [2.24, 2.45) is 0 Å². The van der Waals surface area contributed by atoms with Crippen molar-refractivity contribution in [1.29, 1.82) is 0 Å². The van der Waals surface area contributed by atoms with Crippen LogP contribution >= 0.6 is 0 Å². The van der Waals surface area contributed by atoms with Crippen LogP contribution in [0, 0.1) is 0 Å². The van der Waals surface area contributed by atoms with Gasteiger partial charge in [0.1, 0.15) is 0 Å². The van der Waals surface area contributed by atoms with Gasteiger partial charge in [-0.3, -0.25) is 0 Å². The lowest BCUT2D eigenvalue weighted by Crippen LogP contribution is -2.28. The van der Waals surface area contributed by atoms with Crippen LogP contribution in [0.3, 0.4) is 0 Å². The molecule has 0 amide bonds. The normalized spacial score (nSPS) is 13.9. The predicted octanol–water partition coefficient (Wildman–Crippen LogP) is 15.2. The van der Waals surface area contributed by atoms with Crippen molar-refractivity contribution in [3.8, 4) is 44.5 Å². The summed E-state index contributed by atoms with van der Waals surface area (Å²) in [7, 11) is 0. The molecule has 0 aliphatic heterocycles. The van der Waals surface area contributed by atoms with Crippen LogP contribution in [0.15, 0.2) is 224 Å². The number of hydrogen-bond acceptors (Lipinski definition) is 1. The largest absolute Gasteiger partial charge is 0.310 e. The molecule has 0 fully saturated rings. The molecule has 0 saturated carbocycles. The molecule has 0 spiro atoms. The van der Waals surface area contributed by atoms with Crippen molar-refractivity contribution >= 4 is 17.1 Å². The summed E-state index contributed by atoms with van der Waals surface area (Å²) in [4.78, 5) is 2.49. The van der Waals surface area contributed by atoms with E-state index in [0.717, 1.165) is 17.1 Å². The maximum absolute atomic E-state index is 2.49. The maximum Gasteiger partial charge on any atom is 0.0714 e.